The Morgan fingerprint density at radius 2 is 1.59 bits per heavy atom. The highest BCUT2D eigenvalue weighted by molar-refractivity contribution is 5.63. The first kappa shape index (κ1) is 14.4. The summed E-state index contributed by atoms with van der Waals surface area (Å²) >= 11 is 0. The van der Waals surface area contributed by atoms with Crippen molar-refractivity contribution >= 4 is 0 Å². The first-order valence-corrected chi connectivity index (χ1v) is 7.38. The van der Waals surface area contributed by atoms with Crippen LogP contribution in [-0.4, -0.2) is 5.16 Å². The molecule has 2 aromatic carbocycles. The maximum absolute atomic E-state index is 12.1. The number of hydrogen-bond acceptors (Lipinski definition) is 2. The minimum absolute atomic E-state index is 0.293. The Morgan fingerprint density at radius 3 is 2.23 bits per heavy atom. The lowest BCUT2D eigenvalue weighted by Crippen LogP contribution is -2.06. The molecule has 0 amide bonds. The number of H-pyrrole nitrogens is 1. The lowest BCUT2D eigenvalue weighted by Gasteiger charge is -2.11. The number of rotatable bonds is 3. The number of benzene rings is 2. The molecule has 1 N–H and O–H groups in total. The van der Waals surface area contributed by atoms with Crippen LogP contribution in [0.1, 0.15) is 27.8 Å². The zero-order chi connectivity index (χ0) is 15.7. The maximum Gasteiger partial charge on any atom is 0.361 e. The largest absolute Gasteiger partial charge is 0.361 e. The van der Waals surface area contributed by atoms with E-state index in [0.29, 0.717) is 12.0 Å². The lowest BCUT2D eigenvalue weighted by atomic mass is 9.93. The molecule has 3 nitrogen and oxygen atoms in total. The van der Waals surface area contributed by atoms with Crippen LogP contribution in [0.15, 0.2) is 51.8 Å². The highest BCUT2D eigenvalue weighted by Gasteiger charge is 2.16. The van der Waals surface area contributed by atoms with Crippen LogP contribution in [0.2, 0.25) is 0 Å². The number of aromatic nitrogens is 1. The topological polar surface area (TPSA) is 46.0 Å². The van der Waals surface area contributed by atoms with E-state index in [0.717, 1.165) is 11.3 Å². The third kappa shape index (κ3) is 2.62. The van der Waals surface area contributed by atoms with Crippen molar-refractivity contribution in [3.05, 3.63) is 80.7 Å². The summed E-state index contributed by atoms with van der Waals surface area (Å²) in [6.07, 6.45) is 0.577. The molecule has 3 heteroatoms. The van der Waals surface area contributed by atoms with E-state index < -0.39 is 0 Å². The molecular weight excluding hydrogens is 274 g/mol. The van der Waals surface area contributed by atoms with E-state index in [1.54, 1.807) is 0 Å². The number of hydrogen-bond donors (Lipinski definition) is 1. The zero-order valence-corrected chi connectivity index (χ0v) is 13.1. The summed E-state index contributed by atoms with van der Waals surface area (Å²) in [5.41, 5.74) is 6.96. The van der Waals surface area contributed by atoms with Crippen LogP contribution in [0.5, 0.6) is 0 Å². The van der Waals surface area contributed by atoms with E-state index in [9.17, 15) is 4.79 Å². The van der Waals surface area contributed by atoms with E-state index in [2.05, 4.69) is 38.1 Å². The van der Waals surface area contributed by atoms with Gasteiger partial charge in [-0.25, -0.2) is 9.95 Å². The van der Waals surface area contributed by atoms with Crippen molar-refractivity contribution < 1.29 is 4.52 Å². The highest BCUT2D eigenvalue weighted by Crippen LogP contribution is 2.25. The van der Waals surface area contributed by atoms with Crippen LogP contribution in [-0.2, 0) is 6.42 Å². The van der Waals surface area contributed by atoms with Crippen molar-refractivity contribution in [1.29, 1.82) is 0 Å². The summed E-state index contributed by atoms with van der Waals surface area (Å²) < 4.78 is 5.05. The molecule has 0 aliphatic carbocycles. The van der Waals surface area contributed by atoms with Crippen LogP contribution in [0.25, 0.3) is 11.3 Å². The van der Waals surface area contributed by atoms with Gasteiger partial charge in [0.25, 0.3) is 0 Å². The summed E-state index contributed by atoms with van der Waals surface area (Å²) in [7, 11) is 0. The van der Waals surface area contributed by atoms with E-state index in [-0.39, 0.29) is 5.63 Å². The quantitative estimate of drug-likeness (QED) is 0.788. The van der Waals surface area contributed by atoms with Gasteiger partial charge in [0, 0.05) is 12.0 Å². The first-order valence-electron chi connectivity index (χ1n) is 7.38. The van der Waals surface area contributed by atoms with Crippen LogP contribution >= 0.6 is 0 Å². The zero-order valence-electron chi connectivity index (χ0n) is 13.1. The molecule has 1 heterocycles. The van der Waals surface area contributed by atoms with Crippen molar-refractivity contribution in [3.63, 3.8) is 0 Å². The molecule has 0 atom stereocenters. The van der Waals surface area contributed by atoms with Gasteiger partial charge in [0.05, 0.1) is 11.3 Å². The minimum Gasteiger partial charge on any atom is -0.338 e. The normalized spacial score (nSPS) is 10.9. The molecule has 0 saturated carbocycles. The molecule has 0 aliphatic rings. The fourth-order valence-electron chi connectivity index (χ4n) is 2.99. The molecule has 0 radical (unpaired) electrons. The Kier molecular flexibility index (Phi) is 3.72. The fourth-order valence-corrected chi connectivity index (χ4v) is 2.99. The van der Waals surface area contributed by atoms with Gasteiger partial charge in [-0.05, 0) is 37.5 Å². The minimum atomic E-state index is -0.293. The van der Waals surface area contributed by atoms with Crippen molar-refractivity contribution in [1.82, 2.24) is 5.16 Å². The molecule has 3 rings (SSSR count). The second-order valence-corrected chi connectivity index (χ2v) is 5.77. The number of aromatic amines is 1. The van der Waals surface area contributed by atoms with E-state index in [1.807, 2.05) is 30.3 Å². The SMILES string of the molecule is Cc1cc(C)c(Cc2c(-c3ccccc3)[nH]oc2=O)c(C)c1. The van der Waals surface area contributed by atoms with Gasteiger partial charge in [0.15, 0.2) is 0 Å². The molecule has 3 aromatic rings. The number of aryl methyl sites for hydroxylation is 3. The summed E-state index contributed by atoms with van der Waals surface area (Å²) in [4.78, 5) is 12.1. The molecule has 0 spiro atoms. The number of nitrogens with one attached hydrogen (secondary N) is 1. The third-order valence-electron chi connectivity index (χ3n) is 4.05. The van der Waals surface area contributed by atoms with Crippen LogP contribution in [0.3, 0.4) is 0 Å². The standard InChI is InChI=1S/C19H19NO2/c1-12-9-13(2)16(14(3)10-12)11-17-18(20-22-19(17)21)15-7-5-4-6-8-15/h4-10,20H,11H2,1-3H3. The average molecular weight is 293 g/mol. The Balaban J connectivity index is 2.08. The van der Waals surface area contributed by atoms with Crippen molar-refractivity contribution in [2.75, 3.05) is 0 Å². The van der Waals surface area contributed by atoms with Gasteiger partial charge < -0.3 is 4.52 Å². The molecule has 0 unspecified atom stereocenters. The third-order valence-corrected chi connectivity index (χ3v) is 4.05. The predicted molar refractivity (Wildman–Crippen MR) is 88.2 cm³/mol. The van der Waals surface area contributed by atoms with Crippen molar-refractivity contribution in [2.45, 2.75) is 27.2 Å². The summed E-state index contributed by atoms with van der Waals surface area (Å²) in [6.45, 7) is 6.27. The van der Waals surface area contributed by atoms with Crippen LogP contribution in [0, 0.1) is 20.8 Å². The van der Waals surface area contributed by atoms with Gasteiger partial charge >= 0.3 is 5.63 Å². The Bertz CT molecular complexity index is 834. The first-order chi connectivity index (χ1) is 10.6. The van der Waals surface area contributed by atoms with Crippen molar-refractivity contribution in [3.8, 4) is 11.3 Å². The van der Waals surface area contributed by atoms with Gasteiger partial charge in [0.2, 0.25) is 0 Å². The summed E-state index contributed by atoms with van der Waals surface area (Å²) in [6, 6.07) is 14.1. The predicted octanol–water partition coefficient (Wildman–Crippen LogP) is 4.15. The highest BCUT2D eigenvalue weighted by atomic mass is 16.5. The molecule has 0 saturated heterocycles. The smallest absolute Gasteiger partial charge is 0.338 e. The van der Waals surface area contributed by atoms with Crippen LogP contribution in [0.4, 0.5) is 0 Å². The second-order valence-electron chi connectivity index (χ2n) is 5.77. The van der Waals surface area contributed by atoms with Crippen molar-refractivity contribution in [2.24, 2.45) is 0 Å². The van der Waals surface area contributed by atoms with Gasteiger partial charge in [-0.3, -0.25) is 0 Å². The molecule has 112 valence electrons. The Hall–Kier alpha value is -2.55. The maximum atomic E-state index is 12.1. The molecule has 1 aromatic heterocycles. The van der Waals surface area contributed by atoms with Crippen LogP contribution < -0.4 is 5.63 Å². The average Bonchev–Trinajstić information content (AvgIpc) is 2.85. The second kappa shape index (κ2) is 5.68. The summed E-state index contributed by atoms with van der Waals surface area (Å²) in [5.74, 6) is 0. The Morgan fingerprint density at radius 1 is 0.955 bits per heavy atom. The van der Waals surface area contributed by atoms with E-state index in [1.165, 1.54) is 22.3 Å². The molecule has 0 fully saturated rings. The Labute approximate surface area is 129 Å². The molecule has 0 bridgehead atoms. The monoisotopic (exact) mass is 293 g/mol. The fraction of sp³-hybridized carbons (Fsp3) is 0.211. The van der Waals surface area contributed by atoms with E-state index >= 15 is 0 Å². The van der Waals surface area contributed by atoms with Gasteiger partial charge in [0.1, 0.15) is 0 Å². The molecule has 0 aliphatic heterocycles. The lowest BCUT2D eigenvalue weighted by molar-refractivity contribution is 0.392. The molecular formula is C19H19NO2. The van der Waals surface area contributed by atoms with Gasteiger partial charge in [-0.1, -0.05) is 48.0 Å². The molecule has 22 heavy (non-hydrogen) atoms. The summed E-state index contributed by atoms with van der Waals surface area (Å²) in [5, 5.41) is 2.77. The van der Waals surface area contributed by atoms with Gasteiger partial charge in [-0.15, -0.1) is 0 Å². The van der Waals surface area contributed by atoms with Gasteiger partial charge in [-0.2, -0.15) is 0 Å². The van der Waals surface area contributed by atoms with E-state index in [4.69, 9.17) is 4.52 Å².